The number of carbonyl (C=O) groups is 1. The Labute approximate surface area is 62.0 Å². The quantitative estimate of drug-likeness (QED) is 0.466. The second-order valence-electron chi connectivity index (χ2n) is 2.96. The summed E-state index contributed by atoms with van der Waals surface area (Å²) in [6.07, 6.45) is 5.78. The van der Waals surface area contributed by atoms with E-state index in [0.29, 0.717) is 6.04 Å². The molecule has 1 atom stereocenters. The molecule has 0 radical (unpaired) electrons. The Kier molecular flexibility index (Phi) is 2.72. The van der Waals surface area contributed by atoms with Gasteiger partial charge >= 0.3 is 0 Å². The molecule has 1 aliphatic heterocycles. The van der Waals surface area contributed by atoms with E-state index in [1.807, 2.05) is 0 Å². The van der Waals surface area contributed by atoms with Crippen LogP contribution in [0.1, 0.15) is 39.0 Å². The molecule has 1 unspecified atom stereocenters. The lowest BCUT2D eigenvalue weighted by atomic mass is 9.99. The predicted octanol–water partition coefficient (Wildman–Crippen LogP) is 1.46. The van der Waals surface area contributed by atoms with E-state index in [-0.39, 0.29) is 5.91 Å². The molecule has 1 rings (SSSR count). The lowest BCUT2D eigenvalue weighted by Crippen LogP contribution is -2.48. The van der Waals surface area contributed by atoms with Crippen LogP contribution in [0, 0.1) is 0 Å². The average molecular weight is 141 g/mol. The summed E-state index contributed by atoms with van der Waals surface area (Å²) in [6, 6.07) is 0.513. The number of hydrogen-bond acceptors (Lipinski definition) is 1. The van der Waals surface area contributed by atoms with Crippen LogP contribution in [0.2, 0.25) is 0 Å². The highest BCUT2D eigenvalue weighted by atomic mass is 16.2. The number of nitrogens with one attached hydrogen (secondary N) is 1. The number of β-lactam (4-membered cyclic amide) rings is 1. The van der Waals surface area contributed by atoms with Gasteiger partial charge in [-0.25, -0.2) is 0 Å². The summed E-state index contributed by atoms with van der Waals surface area (Å²) in [5.41, 5.74) is 0. The molecular weight excluding hydrogens is 126 g/mol. The maximum Gasteiger partial charge on any atom is 0.222 e. The third kappa shape index (κ3) is 2.01. The van der Waals surface area contributed by atoms with E-state index in [9.17, 15) is 4.79 Å². The summed E-state index contributed by atoms with van der Waals surface area (Å²) in [4.78, 5) is 10.4. The molecule has 1 saturated heterocycles. The van der Waals surface area contributed by atoms with Gasteiger partial charge in [-0.3, -0.25) is 4.79 Å². The summed E-state index contributed by atoms with van der Waals surface area (Å²) in [7, 11) is 0. The maximum atomic E-state index is 10.4. The molecule has 1 heterocycles. The topological polar surface area (TPSA) is 29.1 Å². The van der Waals surface area contributed by atoms with Gasteiger partial charge in [0.05, 0.1) is 0 Å². The average Bonchev–Trinajstić information content (AvgIpc) is 1.85. The van der Waals surface area contributed by atoms with Crippen LogP contribution in [0.25, 0.3) is 0 Å². The fourth-order valence-corrected chi connectivity index (χ4v) is 1.25. The summed E-state index contributed by atoms with van der Waals surface area (Å²) < 4.78 is 0. The molecule has 1 aliphatic rings. The van der Waals surface area contributed by atoms with Gasteiger partial charge in [0.1, 0.15) is 0 Å². The van der Waals surface area contributed by atoms with Gasteiger partial charge in [-0.2, -0.15) is 0 Å². The van der Waals surface area contributed by atoms with Crippen molar-refractivity contribution in [2.45, 2.75) is 45.1 Å². The van der Waals surface area contributed by atoms with Crippen molar-refractivity contribution in [3.05, 3.63) is 0 Å². The van der Waals surface area contributed by atoms with Gasteiger partial charge in [0.25, 0.3) is 0 Å². The number of unbranched alkanes of at least 4 members (excludes halogenated alkanes) is 2. The fourth-order valence-electron chi connectivity index (χ4n) is 1.25. The molecule has 0 saturated carbocycles. The van der Waals surface area contributed by atoms with Crippen molar-refractivity contribution in [3.63, 3.8) is 0 Å². The van der Waals surface area contributed by atoms with Gasteiger partial charge in [0.2, 0.25) is 5.91 Å². The third-order valence-corrected chi connectivity index (χ3v) is 1.95. The van der Waals surface area contributed by atoms with Crippen LogP contribution in [0.3, 0.4) is 0 Å². The highest BCUT2D eigenvalue weighted by Gasteiger charge is 2.23. The second-order valence-corrected chi connectivity index (χ2v) is 2.96. The zero-order valence-electron chi connectivity index (χ0n) is 6.52. The first-order valence-corrected chi connectivity index (χ1v) is 4.12. The molecule has 1 amide bonds. The molecule has 1 fully saturated rings. The Hall–Kier alpha value is -0.530. The highest BCUT2D eigenvalue weighted by molar-refractivity contribution is 5.82. The standard InChI is InChI=1S/C8H15NO/c1-2-3-4-5-7-6-8(10)9-7/h7H,2-6H2,1H3,(H,9,10). The van der Waals surface area contributed by atoms with Crippen molar-refractivity contribution in [1.82, 2.24) is 5.32 Å². The Balaban J connectivity index is 1.90. The smallest absolute Gasteiger partial charge is 0.222 e. The van der Waals surface area contributed by atoms with Gasteiger partial charge in [-0.15, -0.1) is 0 Å². The van der Waals surface area contributed by atoms with Crippen LogP contribution in [-0.2, 0) is 4.79 Å². The highest BCUT2D eigenvalue weighted by Crippen LogP contribution is 2.12. The minimum absolute atomic E-state index is 0.224. The number of hydrogen-bond donors (Lipinski definition) is 1. The van der Waals surface area contributed by atoms with E-state index >= 15 is 0 Å². The summed E-state index contributed by atoms with van der Waals surface area (Å²) in [5, 5.41) is 2.86. The molecule has 0 aromatic carbocycles. The number of amides is 1. The minimum atomic E-state index is 0.224. The lowest BCUT2D eigenvalue weighted by molar-refractivity contribution is -0.128. The van der Waals surface area contributed by atoms with E-state index in [4.69, 9.17) is 0 Å². The van der Waals surface area contributed by atoms with Gasteiger partial charge < -0.3 is 5.32 Å². The van der Waals surface area contributed by atoms with Crippen LogP contribution < -0.4 is 5.32 Å². The van der Waals surface area contributed by atoms with E-state index in [2.05, 4.69) is 12.2 Å². The molecule has 0 aromatic heterocycles. The predicted molar refractivity (Wildman–Crippen MR) is 40.7 cm³/mol. The zero-order chi connectivity index (χ0) is 7.40. The maximum absolute atomic E-state index is 10.4. The van der Waals surface area contributed by atoms with Crippen molar-refractivity contribution in [3.8, 4) is 0 Å². The van der Waals surface area contributed by atoms with Crippen molar-refractivity contribution in [1.29, 1.82) is 0 Å². The van der Waals surface area contributed by atoms with Crippen LogP contribution in [0.15, 0.2) is 0 Å². The first-order valence-electron chi connectivity index (χ1n) is 4.12. The minimum Gasteiger partial charge on any atom is -0.353 e. The van der Waals surface area contributed by atoms with Crippen LogP contribution in [0.4, 0.5) is 0 Å². The van der Waals surface area contributed by atoms with Crippen LogP contribution >= 0.6 is 0 Å². The van der Waals surface area contributed by atoms with Crippen molar-refractivity contribution < 1.29 is 4.79 Å². The molecule has 10 heavy (non-hydrogen) atoms. The monoisotopic (exact) mass is 141 g/mol. The fraction of sp³-hybridized carbons (Fsp3) is 0.875. The Morgan fingerprint density at radius 1 is 1.60 bits per heavy atom. The van der Waals surface area contributed by atoms with Crippen LogP contribution in [0.5, 0.6) is 0 Å². The molecule has 0 spiro atoms. The zero-order valence-corrected chi connectivity index (χ0v) is 6.52. The van der Waals surface area contributed by atoms with Crippen molar-refractivity contribution >= 4 is 5.91 Å². The third-order valence-electron chi connectivity index (χ3n) is 1.95. The van der Waals surface area contributed by atoms with E-state index in [1.165, 1.54) is 25.7 Å². The summed E-state index contributed by atoms with van der Waals surface area (Å²) in [6.45, 7) is 2.19. The SMILES string of the molecule is CCCCCC1CC(=O)N1. The van der Waals surface area contributed by atoms with E-state index < -0.39 is 0 Å². The first-order chi connectivity index (χ1) is 4.83. The van der Waals surface area contributed by atoms with Crippen molar-refractivity contribution in [2.75, 3.05) is 0 Å². The molecule has 2 heteroatoms. The molecule has 0 aromatic rings. The Morgan fingerprint density at radius 3 is 2.80 bits per heavy atom. The molecular formula is C8H15NO. The molecule has 2 nitrogen and oxygen atoms in total. The molecule has 1 N–H and O–H groups in total. The van der Waals surface area contributed by atoms with Gasteiger partial charge in [-0.05, 0) is 6.42 Å². The summed E-state index contributed by atoms with van der Waals surface area (Å²) >= 11 is 0. The normalized spacial score (nSPS) is 23.7. The first kappa shape index (κ1) is 7.58. The van der Waals surface area contributed by atoms with Gasteiger partial charge in [-0.1, -0.05) is 26.2 Å². The molecule has 0 bridgehead atoms. The Bertz CT molecular complexity index is 114. The van der Waals surface area contributed by atoms with Gasteiger partial charge in [0.15, 0.2) is 0 Å². The number of rotatable bonds is 4. The van der Waals surface area contributed by atoms with Crippen molar-refractivity contribution in [2.24, 2.45) is 0 Å². The number of carbonyl (C=O) groups excluding carboxylic acids is 1. The van der Waals surface area contributed by atoms with Gasteiger partial charge in [0, 0.05) is 12.5 Å². The van der Waals surface area contributed by atoms with E-state index in [0.717, 1.165) is 6.42 Å². The largest absolute Gasteiger partial charge is 0.353 e. The summed E-state index contributed by atoms with van der Waals surface area (Å²) in [5.74, 6) is 0.224. The lowest BCUT2D eigenvalue weighted by Gasteiger charge is -2.26. The Morgan fingerprint density at radius 2 is 2.30 bits per heavy atom. The molecule has 58 valence electrons. The molecule has 0 aliphatic carbocycles. The second kappa shape index (κ2) is 3.59. The van der Waals surface area contributed by atoms with Crippen LogP contribution in [-0.4, -0.2) is 11.9 Å². The van der Waals surface area contributed by atoms with E-state index in [1.54, 1.807) is 0 Å².